The first-order valence-electron chi connectivity index (χ1n) is 7.21. The average Bonchev–Trinajstić information content (AvgIpc) is 2.58. The van der Waals surface area contributed by atoms with Crippen LogP contribution in [0.25, 0.3) is 0 Å². The quantitative estimate of drug-likeness (QED) is 0.443. The van der Waals surface area contributed by atoms with Gasteiger partial charge in [-0.1, -0.05) is 12.1 Å². The Morgan fingerprint density at radius 1 is 1.12 bits per heavy atom. The number of nitro benzene ring substituents is 1. The van der Waals surface area contributed by atoms with Crippen molar-refractivity contribution in [3.8, 4) is 5.75 Å². The fourth-order valence-corrected chi connectivity index (χ4v) is 2.60. The number of halogens is 3. The largest absolute Gasteiger partial charge is 0.573 e. The number of thioether (sulfide) groups is 1. The molecule has 2 aromatic carbocycles. The van der Waals surface area contributed by atoms with Gasteiger partial charge in [0, 0.05) is 23.6 Å². The third-order valence-corrected chi connectivity index (χ3v) is 4.08. The summed E-state index contributed by atoms with van der Waals surface area (Å²) in [5, 5.41) is 13.2. The SMILES string of the molecule is O=C(CSc1ccc([N+](=O)[O-])cc1)NCc1ccc(OC(F)(F)F)cc1. The van der Waals surface area contributed by atoms with E-state index >= 15 is 0 Å². The molecule has 0 bridgehead atoms. The summed E-state index contributed by atoms with van der Waals surface area (Å²) in [6.45, 7) is 0.159. The number of nitro groups is 1. The predicted octanol–water partition coefficient (Wildman–Crippen LogP) is 3.90. The number of carbonyl (C=O) groups excluding carboxylic acids is 1. The lowest BCUT2D eigenvalue weighted by molar-refractivity contribution is -0.384. The molecule has 26 heavy (non-hydrogen) atoms. The number of nitrogens with one attached hydrogen (secondary N) is 1. The maximum absolute atomic E-state index is 12.1. The Morgan fingerprint density at radius 3 is 2.27 bits per heavy atom. The zero-order chi connectivity index (χ0) is 19.2. The fraction of sp³-hybridized carbons (Fsp3) is 0.188. The molecule has 0 atom stereocenters. The summed E-state index contributed by atoms with van der Waals surface area (Å²) in [5.74, 6) is -0.502. The number of benzene rings is 2. The number of carbonyl (C=O) groups is 1. The summed E-state index contributed by atoms with van der Waals surface area (Å²) in [5.41, 5.74) is 0.588. The standard InChI is InChI=1S/C16H13F3N2O4S/c17-16(18,19)25-13-5-1-11(2-6-13)9-20-15(22)10-26-14-7-3-12(4-8-14)21(23)24/h1-8H,9-10H2,(H,20,22). The van der Waals surface area contributed by atoms with Gasteiger partial charge in [0.25, 0.3) is 5.69 Å². The van der Waals surface area contributed by atoms with Crippen LogP contribution in [0, 0.1) is 10.1 Å². The molecule has 1 amide bonds. The van der Waals surface area contributed by atoms with E-state index in [9.17, 15) is 28.1 Å². The van der Waals surface area contributed by atoms with Crippen LogP contribution in [0.3, 0.4) is 0 Å². The van der Waals surface area contributed by atoms with E-state index in [1.165, 1.54) is 48.2 Å². The van der Waals surface area contributed by atoms with E-state index < -0.39 is 11.3 Å². The monoisotopic (exact) mass is 386 g/mol. The Balaban J connectivity index is 1.77. The second-order valence-corrected chi connectivity index (χ2v) is 6.06. The van der Waals surface area contributed by atoms with Gasteiger partial charge in [-0.3, -0.25) is 14.9 Å². The van der Waals surface area contributed by atoms with Gasteiger partial charge in [0.05, 0.1) is 10.7 Å². The molecule has 0 radical (unpaired) electrons. The summed E-state index contributed by atoms with van der Waals surface area (Å²) >= 11 is 1.21. The molecule has 2 rings (SSSR count). The van der Waals surface area contributed by atoms with Gasteiger partial charge in [-0.15, -0.1) is 24.9 Å². The minimum Gasteiger partial charge on any atom is -0.406 e. The minimum atomic E-state index is -4.75. The summed E-state index contributed by atoms with van der Waals surface area (Å²) in [6, 6.07) is 11.0. The minimum absolute atomic E-state index is 0.0308. The highest BCUT2D eigenvalue weighted by atomic mass is 32.2. The number of nitrogens with zero attached hydrogens (tertiary/aromatic N) is 1. The molecule has 0 aliphatic rings. The van der Waals surface area contributed by atoms with Gasteiger partial charge in [-0.05, 0) is 29.8 Å². The number of non-ortho nitro benzene ring substituents is 1. The Labute approximate surface area is 150 Å². The van der Waals surface area contributed by atoms with Gasteiger partial charge in [0.1, 0.15) is 5.75 Å². The van der Waals surface area contributed by atoms with Crippen molar-refractivity contribution >= 4 is 23.4 Å². The molecule has 138 valence electrons. The lowest BCUT2D eigenvalue weighted by Gasteiger charge is -2.09. The number of rotatable bonds is 7. The van der Waals surface area contributed by atoms with Crippen molar-refractivity contribution in [1.82, 2.24) is 5.32 Å². The molecule has 0 saturated heterocycles. The van der Waals surface area contributed by atoms with Crippen LogP contribution in [0.15, 0.2) is 53.4 Å². The Bertz CT molecular complexity index is 765. The van der Waals surface area contributed by atoms with Crippen molar-refractivity contribution in [2.24, 2.45) is 0 Å². The van der Waals surface area contributed by atoms with Crippen LogP contribution < -0.4 is 10.1 Å². The van der Waals surface area contributed by atoms with Crippen LogP contribution in [-0.4, -0.2) is 22.9 Å². The molecule has 0 saturated carbocycles. The van der Waals surface area contributed by atoms with Crippen molar-refractivity contribution in [3.05, 3.63) is 64.2 Å². The molecule has 0 heterocycles. The van der Waals surface area contributed by atoms with Crippen molar-refractivity contribution in [3.63, 3.8) is 0 Å². The molecule has 0 fully saturated rings. The zero-order valence-corrected chi connectivity index (χ0v) is 14.0. The van der Waals surface area contributed by atoms with Crippen molar-refractivity contribution in [2.75, 3.05) is 5.75 Å². The molecule has 2 aromatic rings. The zero-order valence-electron chi connectivity index (χ0n) is 13.2. The molecule has 0 aliphatic heterocycles. The van der Waals surface area contributed by atoms with Gasteiger partial charge in [0.2, 0.25) is 5.91 Å². The maximum Gasteiger partial charge on any atom is 0.573 e. The molecule has 0 aromatic heterocycles. The van der Waals surface area contributed by atoms with Crippen LogP contribution in [0.2, 0.25) is 0 Å². The number of ether oxygens (including phenoxy) is 1. The number of hydrogen-bond donors (Lipinski definition) is 1. The summed E-state index contributed by atoms with van der Waals surface area (Å²) < 4.78 is 40.0. The molecule has 6 nitrogen and oxygen atoms in total. The van der Waals surface area contributed by atoms with Crippen LogP contribution in [0.4, 0.5) is 18.9 Å². The third-order valence-electron chi connectivity index (χ3n) is 3.06. The first-order valence-corrected chi connectivity index (χ1v) is 8.20. The van der Waals surface area contributed by atoms with Gasteiger partial charge in [-0.2, -0.15) is 0 Å². The number of alkyl halides is 3. The molecule has 0 aliphatic carbocycles. The van der Waals surface area contributed by atoms with E-state index in [4.69, 9.17) is 0 Å². The van der Waals surface area contributed by atoms with Gasteiger partial charge in [0.15, 0.2) is 0 Å². The predicted molar refractivity (Wildman–Crippen MR) is 88.8 cm³/mol. The lowest BCUT2D eigenvalue weighted by Crippen LogP contribution is -2.24. The Hall–Kier alpha value is -2.75. The third kappa shape index (κ3) is 6.63. The highest BCUT2D eigenvalue weighted by molar-refractivity contribution is 8.00. The van der Waals surface area contributed by atoms with Crippen LogP contribution in [0.5, 0.6) is 5.75 Å². The molecular formula is C16H13F3N2O4S. The molecule has 0 unspecified atom stereocenters. The van der Waals surface area contributed by atoms with Crippen LogP contribution in [-0.2, 0) is 11.3 Å². The normalized spacial score (nSPS) is 11.0. The van der Waals surface area contributed by atoms with Crippen molar-refractivity contribution in [1.29, 1.82) is 0 Å². The first kappa shape index (κ1) is 19.6. The second kappa shape index (κ2) is 8.56. The first-order chi connectivity index (χ1) is 12.2. The van der Waals surface area contributed by atoms with E-state index in [0.717, 1.165) is 0 Å². The van der Waals surface area contributed by atoms with Crippen molar-refractivity contribution in [2.45, 2.75) is 17.8 Å². The molecule has 10 heteroatoms. The van der Waals surface area contributed by atoms with Crippen LogP contribution >= 0.6 is 11.8 Å². The Morgan fingerprint density at radius 2 is 1.73 bits per heavy atom. The maximum atomic E-state index is 12.1. The Kier molecular flexibility index (Phi) is 6.45. The topological polar surface area (TPSA) is 81.5 Å². The molecule has 1 N–H and O–H groups in total. The second-order valence-electron chi connectivity index (χ2n) is 5.01. The molecular weight excluding hydrogens is 373 g/mol. The highest BCUT2D eigenvalue weighted by Gasteiger charge is 2.30. The average molecular weight is 386 g/mol. The number of amides is 1. The van der Waals surface area contributed by atoms with Crippen molar-refractivity contribution < 1.29 is 27.6 Å². The van der Waals surface area contributed by atoms with Gasteiger partial charge >= 0.3 is 6.36 Å². The van der Waals surface area contributed by atoms with Gasteiger partial charge < -0.3 is 10.1 Å². The highest BCUT2D eigenvalue weighted by Crippen LogP contribution is 2.23. The smallest absolute Gasteiger partial charge is 0.406 e. The summed E-state index contributed by atoms with van der Waals surface area (Å²) in [6.07, 6.45) is -4.75. The number of hydrogen-bond acceptors (Lipinski definition) is 5. The summed E-state index contributed by atoms with van der Waals surface area (Å²) in [7, 11) is 0. The van der Waals surface area contributed by atoms with E-state index in [0.29, 0.717) is 10.5 Å². The van der Waals surface area contributed by atoms with Crippen LogP contribution in [0.1, 0.15) is 5.56 Å². The van der Waals surface area contributed by atoms with Gasteiger partial charge in [-0.25, -0.2) is 0 Å². The molecule has 0 spiro atoms. The van der Waals surface area contributed by atoms with E-state index in [-0.39, 0.29) is 29.6 Å². The fourth-order valence-electron chi connectivity index (χ4n) is 1.87. The van der Waals surface area contributed by atoms with E-state index in [1.54, 1.807) is 12.1 Å². The lowest BCUT2D eigenvalue weighted by atomic mass is 10.2. The van der Waals surface area contributed by atoms with E-state index in [1.807, 2.05) is 0 Å². The van der Waals surface area contributed by atoms with E-state index in [2.05, 4.69) is 10.1 Å². The summed E-state index contributed by atoms with van der Waals surface area (Å²) in [4.78, 5) is 22.6.